The summed E-state index contributed by atoms with van der Waals surface area (Å²) < 4.78 is 0. The van der Waals surface area contributed by atoms with Crippen LogP contribution >= 0.6 is 11.6 Å². The fourth-order valence-electron chi connectivity index (χ4n) is 3.06. The van der Waals surface area contributed by atoms with Gasteiger partial charge in [-0.05, 0) is 41.3 Å². The van der Waals surface area contributed by atoms with E-state index in [4.69, 9.17) is 11.6 Å². The number of aromatic amines is 1. The highest BCUT2D eigenvalue weighted by atomic mass is 35.5. The van der Waals surface area contributed by atoms with E-state index in [1.807, 2.05) is 31.3 Å². The summed E-state index contributed by atoms with van der Waals surface area (Å²) in [5.74, 6) is 0.319. The van der Waals surface area contributed by atoms with E-state index in [0.29, 0.717) is 16.6 Å². The molecule has 0 aliphatic heterocycles. The Morgan fingerprint density at radius 2 is 1.85 bits per heavy atom. The number of hydrogen-bond acceptors (Lipinski definition) is 2. The van der Waals surface area contributed by atoms with Gasteiger partial charge in [0, 0.05) is 43.3 Å². The lowest BCUT2D eigenvalue weighted by Gasteiger charge is -2.13. The second kappa shape index (κ2) is 7.04. The first kappa shape index (κ1) is 18.3. The van der Waals surface area contributed by atoms with E-state index >= 15 is 0 Å². The minimum atomic E-state index is -0.0464. The predicted octanol–water partition coefficient (Wildman–Crippen LogP) is 5.36. The molecule has 5 heteroatoms. The normalized spacial score (nSPS) is 11.2. The Labute approximate surface area is 159 Å². The summed E-state index contributed by atoms with van der Waals surface area (Å²) in [5.41, 5.74) is 5.69. The largest absolute Gasteiger partial charge is 0.388 e. The van der Waals surface area contributed by atoms with Gasteiger partial charge in [0.05, 0.1) is 5.02 Å². The zero-order chi connectivity index (χ0) is 19.0. The van der Waals surface area contributed by atoms with Gasteiger partial charge in [0.1, 0.15) is 5.69 Å². The highest BCUT2D eigenvalue weighted by Crippen LogP contribution is 2.37. The number of hydrogen-bond donors (Lipinski definition) is 2. The van der Waals surface area contributed by atoms with Crippen LogP contribution in [0.2, 0.25) is 5.02 Å². The number of nitrogens with zero attached hydrogens (tertiary/aromatic N) is 1. The third-order valence-electron chi connectivity index (χ3n) is 4.61. The number of fused-ring (bicyclic) bond motifs is 1. The van der Waals surface area contributed by atoms with Crippen molar-refractivity contribution in [2.75, 3.05) is 26.5 Å². The Balaban J connectivity index is 2.27. The lowest BCUT2D eigenvalue weighted by atomic mass is 9.94. The van der Waals surface area contributed by atoms with Crippen molar-refractivity contribution in [3.8, 4) is 11.1 Å². The maximum Gasteiger partial charge on any atom is 0.269 e. The van der Waals surface area contributed by atoms with Crippen molar-refractivity contribution >= 4 is 34.1 Å². The van der Waals surface area contributed by atoms with E-state index in [2.05, 4.69) is 36.3 Å². The smallest absolute Gasteiger partial charge is 0.269 e. The van der Waals surface area contributed by atoms with Crippen molar-refractivity contribution < 1.29 is 4.79 Å². The first-order valence-electron chi connectivity index (χ1n) is 8.67. The van der Waals surface area contributed by atoms with Gasteiger partial charge in [-0.2, -0.15) is 0 Å². The molecule has 0 bridgehead atoms. The molecule has 3 rings (SSSR count). The zero-order valence-electron chi connectivity index (χ0n) is 15.8. The van der Waals surface area contributed by atoms with E-state index < -0.39 is 0 Å². The molecule has 0 radical (unpaired) electrons. The molecule has 2 N–H and O–H groups in total. The van der Waals surface area contributed by atoms with E-state index in [9.17, 15) is 4.79 Å². The molecule has 0 unspecified atom stereocenters. The van der Waals surface area contributed by atoms with E-state index in [0.717, 1.165) is 27.7 Å². The predicted molar refractivity (Wildman–Crippen MR) is 110 cm³/mol. The molecule has 1 aromatic heterocycles. The molecule has 0 spiro atoms. The van der Waals surface area contributed by atoms with Crippen LogP contribution < -0.4 is 5.32 Å². The van der Waals surface area contributed by atoms with Crippen LogP contribution in [-0.4, -0.2) is 36.9 Å². The number of benzene rings is 2. The van der Waals surface area contributed by atoms with Crippen LogP contribution in [0.5, 0.6) is 0 Å². The summed E-state index contributed by atoms with van der Waals surface area (Å²) in [7, 11) is 5.37. The van der Waals surface area contributed by atoms with Crippen molar-refractivity contribution in [1.29, 1.82) is 0 Å². The minimum absolute atomic E-state index is 0.0464. The summed E-state index contributed by atoms with van der Waals surface area (Å²) in [5, 5.41) is 4.78. The molecule has 3 aromatic rings. The summed E-state index contributed by atoms with van der Waals surface area (Å²) in [6.07, 6.45) is 0. The van der Waals surface area contributed by atoms with Gasteiger partial charge in [-0.3, -0.25) is 4.79 Å². The molecular weight excluding hydrogens is 346 g/mol. The number of nitrogens with one attached hydrogen (secondary N) is 2. The summed E-state index contributed by atoms with van der Waals surface area (Å²) in [4.78, 5) is 17.2. The highest BCUT2D eigenvalue weighted by Gasteiger charge is 2.17. The van der Waals surface area contributed by atoms with Crippen molar-refractivity contribution in [2.45, 2.75) is 19.8 Å². The van der Waals surface area contributed by atoms with E-state index in [-0.39, 0.29) is 5.91 Å². The third kappa shape index (κ3) is 3.29. The van der Waals surface area contributed by atoms with Crippen molar-refractivity contribution in [2.24, 2.45) is 0 Å². The molecule has 4 nitrogen and oxygen atoms in total. The molecule has 136 valence electrons. The maximum atomic E-state index is 12.4. The Kier molecular flexibility index (Phi) is 4.97. The van der Waals surface area contributed by atoms with Crippen LogP contribution in [0.4, 0.5) is 5.69 Å². The lowest BCUT2D eigenvalue weighted by Crippen LogP contribution is -2.21. The zero-order valence-corrected chi connectivity index (χ0v) is 16.5. The SMILES string of the molecule is CNc1ccc(-c2cc(C(C)C)cc3[nH]c(C(=O)N(C)C)cc23)c(Cl)c1. The quantitative estimate of drug-likeness (QED) is 0.650. The number of carbonyl (C=O) groups is 1. The fraction of sp³-hybridized carbons (Fsp3) is 0.286. The second-order valence-electron chi connectivity index (χ2n) is 7.01. The monoisotopic (exact) mass is 369 g/mol. The van der Waals surface area contributed by atoms with Gasteiger partial charge in [-0.15, -0.1) is 0 Å². The van der Waals surface area contributed by atoms with Crippen LogP contribution in [0.25, 0.3) is 22.0 Å². The number of H-pyrrole nitrogens is 1. The van der Waals surface area contributed by atoms with Crippen LogP contribution in [0.1, 0.15) is 35.8 Å². The first-order chi connectivity index (χ1) is 12.3. The molecular formula is C21H24ClN3O. The molecule has 0 fully saturated rings. The molecule has 2 aromatic carbocycles. The molecule has 26 heavy (non-hydrogen) atoms. The maximum absolute atomic E-state index is 12.4. The number of rotatable bonds is 4. The van der Waals surface area contributed by atoms with E-state index in [1.165, 1.54) is 5.56 Å². The summed E-state index contributed by atoms with van der Waals surface area (Å²) in [6.45, 7) is 4.32. The number of aromatic nitrogens is 1. The van der Waals surface area contributed by atoms with Crippen molar-refractivity contribution in [1.82, 2.24) is 9.88 Å². The molecule has 0 saturated heterocycles. The number of carbonyl (C=O) groups excluding carboxylic acids is 1. The Hall–Kier alpha value is -2.46. The van der Waals surface area contributed by atoms with Gasteiger partial charge in [-0.25, -0.2) is 0 Å². The Morgan fingerprint density at radius 3 is 2.42 bits per heavy atom. The van der Waals surface area contributed by atoms with Crippen LogP contribution in [0.3, 0.4) is 0 Å². The molecule has 0 atom stereocenters. The van der Waals surface area contributed by atoms with Crippen molar-refractivity contribution in [3.05, 3.63) is 52.7 Å². The van der Waals surface area contributed by atoms with Gasteiger partial charge in [-0.1, -0.05) is 37.6 Å². The van der Waals surface area contributed by atoms with Gasteiger partial charge < -0.3 is 15.2 Å². The number of halogens is 1. The Bertz CT molecular complexity index is 973. The first-order valence-corrected chi connectivity index (χ1v) is 9.05. The topological polar surface area (TPSA) is 48.1 Å². The Morgan fingerprint density at radius 1 is 1.12 bits per heavy atom. The summed E-state index contributed by atoms with van der Waals surface area (Å²) in [6, 6.07) is 12.2. The second-order valence-corrected chi connectivity index (χ2v) is 7.42. The molecule has 1 heterocycles. The van der Waals surface area contributed by atoms with Gasteiger partial charge in [0.15, 0.2) is 0 Å². The van der Waals surface area contributed by atoms with Crippen LogP contribution in [-0.2, 0) is 0 Å². The standard InChI is InChI=1S/C21H24ClN3O/c1-12(2)13-8-16(15-7-6-14(23-3)10-18(15)22)17-11-20(21(26)25(4)5)24-19(17)9-13/h6-12,23-24H,1-5H3. The van der Waals surface area contributed by atoms with Crippen LogP contribution in [0, 0.1) is 0 Å². The average Bonchev–Trinajstić information content (AvgIpc) is 3.04. The minimum Gasteiger partial charge on any atom is -0.388 e. The van der Waals surface area contributed by atoms with Gasteiger partial charge in [0.25, 0.3) is 5.91 Å². The molecule has 0 aliphatic carbocycles. The average molecular weight is 370 g/mol. The molecule has 1 amide bonds. The highest BCUT2D eigenvalue weighted by molar-refractivity contribution is 6.34. The van der Waals surface area contributed by atoms with Gasteiger partial charge >= 0.3 is 0 Å². The molecule has 0 saturated carbocycles. The van der Waals surface area contributed by atoms with Crippen LogP contribution in [0.15, 0.2) is 36.4 Å². The number of anilines is 1. The van der Waals surface area contributed by atoms with E-state index in [1.54, 1.807) is 19.0 Å². The number of amides is 1. The third-order valence-corrected chi connectivity index (χ3v) is 4.92. The summed E-state index contributed by atoms with van der Waals surface area (Å²) >= 11 is 6.57. The van der Waals surface area contributed by atoms with Crippen molar-refractivity contribution in [3.63, 3.8) is 0 Å². The molecule has 0 aliphatic rings. The fourth-order valence-corrected chi connectivity index (χ4v) is 3.34. The van der Waals surface area contributed by atoms with Gasteiger partial charge in [0.2, 0.25) is 0 Å². The lowest BCUT2D eigenvalue weighted by molar-refractivity contribution is 0.0823.